The van der Waals surface area contributed by atoms with Gasteiger partial charge in [0.1, 0.15) is 5.41 Å². The fraction of sp³-hybridized carbons (Fsp3) is 0.667. The highest BCUT2D eigenvalue weighted by molar-refractivity contribution is 5.86. The van der Waals surface area contributed by atoms with E-state index >= 15 is 0 Å². The van der Waals surface area contributed by atoms with E-state index in [4.69, 9.17) is 0 Å². The highest BCUT2D eigenvalue weighted by Crippen LogP contribution is 2.38. The van der Waals surface area contributed by atoms with Gasteiger partial charge in [0.15, 0.2) is 0 Å². The van der Waals surface area contributed by atoms with Gasteiger partial charge in [-0.15, -0.1) is 0 Å². The second-order valence-electron chi connectivity index (χ2n) is 5.80. The SMILES string of the molecule is Cc1nn(C)c(C)c1[C@@H](C)NC(=O)C1(C#N)CCCC1. The Bertz CT molecular complexity index is 561. The molecule has 1 aliphatic rings. The maximum absolute atomic E-state index is 12.5. The Kier molecular flexibility index (Phi) is 3.85. The van der Waals surface area contributed by atoms with Gasteiger partial charge in [-0.2, -0.15) is 10.4 Å². The number of hydrogen-bond acceptors (Lipinski definition) is 3. The summed E-state index contributed by atoms with van der Waals surface area (Å²) < 4.78 is 1.82. The molecule has 0 aromatic carbocycles. The van der Waals surface area contributed by atoms with Crippen LogP contribution in [0.3, 0.4) is 0 Å². The van der Waals surface area contributed by atoms with Gasteiger partial charge in [0.2, 0.25) is 5.91 Å². The van der Waals surface area contributed by atoms with Crippen molar-refractivity contribution in [2.45, 2.75) is 52.5 Å². The molecule has 1 N–H and O–H groups in total. The Morgan fingerprint density at radius 2 is 2.05 bits per heavy atom. The Morgan fingerprint density at radius 3 is 2.50 bits per heavy atom. The first-order chi connectivity index (χ1) is 9.41. The Labute approximate surface area is 120 Å². The lowest BCUT2D eigenvalue weighted by atomic mass is 9.86. The van der Waals surface area contributed by atoms with Gasteiger partial charge in [-0.3, -0.25) is 9.48 Å². The Balaban J connectivity index is 2.18. The molecule has 2 rings (SSSR count). The van der Waals surface area contributed by atoms with E-state index < -0.39 is 5.41 Å². The third-order valence-electron chi connectivity index (χ3n) is 4.45. The number of nitriles is 1. The van der Waals surface area contributed by atoms with Gasteiger partial charge < -0.3 is 5.32 Å². The van der Waals surface area contributed by atoms with E-state index in [1.807, 2.05) is 32.5 Å². The number of aryl methyl sites for hydroxylation is 2. The van der Waals surface area contributed by atoms with Crippen LogP contribution in [-0.2, 0) is 11.8 Å². The number of hydrogen-bond donors (Lipinski definition) is 1. The van der Waals surface area contributed by atoms with E-state index in [-0.39, 0.29) is 11.9 Å². The van der Waals surface area contributed by atoms with Crippen molar-refractivity contribution in [3.63, 3.8) is 0 Å². The van der Waals surface area contributed by atoms with E-state index in [1.54, 1.807) is 0 Å². The molecule has 0 radical (unpaired) electrons. The zero-order chi connectivity index (χ0) is 14.9. The minimum absolute atomic E-state index is 0.123. The largest absolute Gasteiger partial charge is 0.348 e. The molecular weight excluding hydrogens is 252 g/mol. The van der Waals surface area contributed by atoms with Crippen LogP contribution in [0.25, 0.3) is 0 Å². The molecule has 1 aromatic rings. The molecule has 1 amide bonds. The molecule has 20 heavy (non-hydrogen) atoms. The van der Waals surface area contributed by atoms with Crippen LogP contribution in [0.1, 0.15) is 55.6 Å². The van der Waals surface area contributed by atoms with Crippen molar-refractivity contribution in [3.05, 3.63) is 17.0 Å². The van der Waals surface area contributed by atoms with E-state index in [2.05, 4.69) is 16.5 Å². The Hall–Kier alpha value is -1.83. The first kappa shape index (κ1) is 14.6. The van der Waals surface area contributed by atoms with E-state index in [0.717, 1.165) is 29.8 Å². The second kappa shape index (κ2) is 5.28. The molecule has 0 aliphatic heterocycles. The molecule has 0 spiro atoms. The van der Waals surface area contributed by atoms with Crippen LogP contribution in [0.5, 0.6) is 0 Å². The quantitative estimate of drug-likeness (QED) is 0.919. The van der Waals surface area contributed by atoms with Gasteiger partial charge >= 0.3 is 0 Å². The van der Waals surface area contributed by atoms with Crippen LogP contribution >= 0.6 is 0 Å². The molecule has 5 nitrogen and oxygen atoms in total. The predicted octanol–water partition coefficient (Wildman–Crippen LogP) is 2.30. The fourth-order valence-corrected chi connectivity index (χ4v) is 3.19. The third-order valence-corrected chi connectivity index (χ3v) is 4.45. The topological polar surface area (TPSA) is 70.7 Å². The lowest BCUT2D eigenvalue weighted by Crippen LogP contribution is -2.39. The summed E-state index contributed by atoms with van der Waals surface area (Å²) in [6.45, 7) is 5.89. The van der Waals surface area contributed by atoms with Crippen LogP contribution in [-0.4, -0.2) is 15.7 Å². The normalized spacial score (nSPS) is 18.6. The van der Waals surface area contributed by atoms with E-state index in [9.17, 15) is 10.1 Å². The lowest BCUT2D eigenvalue weighted by molar-refractivity contribution is -0.128. The van der Waals surface area contributed by atoms with Crippen LogP contribution in [0.2, 0.25) is 0 Å². The number of rotatable bonds is 3. The lowest BCUT2D eigenvalue weighted by Gasteiger charge is -2.23. The molecular formula is C15H22N4O. The monoisotopic (exact) mass is 274 g/mol. The number of amides is 1. The first-order valence-electron chi connectivity index (χ1n) is 7.13. The van der Waals surface area contributed by atoms with Crippen LogP contribution < -0.4 is 5.32 Å². The molecule has 1 aliphatic carbocycles. The molecule has 1 saturated carbocycles. The molecule has 0 saturated heterocycles. The van der Waals surface area contributed by atoms with Crippen molar-refractivity contribution in [1.82, 2.24) is 15.1 Å². The fourth-order valence-electron chi connectivity index (χ4n) is 3.19. The van der Waals surface area contributed by atoms with Crippen molar-refractivity contribution < 1.29 is 4.79 Å². The summed E-state index contributed by atoms with van der Waals surface area (Å²) in [4.78, 5) is 12.5. The maximum atomic E-state index is 12.5. The van der Waals surface area contributed by atoms with Gasteiger partial charge in [0.25, 0.3) is 0 Å². The van der Waals surface area contributed by atoms with Crippen molar-refractivity contribution >= 4 is 5.91 Å². The van der Waals surface area contributed by atoms with Crippen molar-refractivity contribution in [2.75, 3.05) is 0 Å². The summed E-state index contributed by atoms with van der Waals surface area (Å²) in [5.74, 6) is -0.132. The van der Waals surface area contributed by atoms with E-state index in [1.165, 1.54) is 0 Å². The van der Waals surface area contributed by atoms with Crippen LogP contribution in [0, 0.1) is 30.6 Å². The highest BCUT2D eigenvalue weighted by atomic mass is 16.2. The standard InChI is InChI=1S/C15H22N4O/c1-10(13-11(2)18-19(4)12(13)3)17-14(20)15(9-16)7-5-6-8-15/h10H,5-8H2,1-4H3,(H,17,20)/t10-/m1/s1. The summed E-state index contributed by atoms with van der Waals surface area (Å²) in [6, 6.07) is 2.11. The highest BCUT2D eigenvalue weighted by Gasteiger charge is 2.42. The van der Waals surface area contributed by atoms with Crippen molar-refractivity contribution in [1.29, 1.82) is 5.26 Å². The average Bonchev–Trinajstić information content (AvgIpc) is 2.96. The van der Waals surface area contributed by atoms with Crippen molar-refractivity contribution in [3.8, 4) is 6.07 Å². The molecule has 0 bridgehead atoms. The summed E-state index contributed by atoms with van der Waals surface area (Å²) in [6.07, 6.45) is 3.26. The number of nitrogens with one attached hydrogen (secondary N) is 1. The summed E-state index contributed by atoms with van der Waals surface area (Å²) in [7, 11) is 1.90. The maximum Gasteiger partial charge on any atom is 0.240 e. The molecule has 1 atom stereocenters. The molecule has 0 unspecified atom stereocenters. The summed E-state index contributed by atoms with van der Waals surface area (Å²) in [5, 5.41) is 16.7. The molecule has 108 valence electrons. The van der Waals surface area contributed by atoms with Crippen LogP contribution in [0.15, 0.2) is 0 Å². The smallest absolute Gasteiger partial charge is 0.240 e. The summed E-state index contributed by atoms with van der Waals surface area (Å²) in [5.41, 5.74) is 2.20. The molecule has 1 aromatic heterocycles. The van der Waals surface area contributed by atoms with Crippen molar-refractivity contribution in [2.24, 2.45) is 12.5 Å². The molecule has 5 heteroatoms. The first-order valence-corrected chi connectivity index (χ1v) is 7.13. The average molecular weight is 274 g/mol. The summed E-state index contributed by atoms with van der Waals surface area (Å²) >= 11 is 0. The second-order valence-corrected chi connectivity index (χ2v) is 5.80. The van der Waals surface area contributed by atoms with Gasteiger partial charge in [0, 0.05) is 18.3 Å². The van der Waals surface area contributed by atoms with Gasteiger partial charge in [0.05, 0.1) is 17.8 Å². The van der Waals surface area contributed by atoms with Crippen LogP contribution in [0.4, 0.5) is 0 Å². The number of carbonyl (C=O) groups excluding carboxylic acids is 1. The molecule has 1 fully saturated rings. The minimum Gasteiger partial charge on any atom is -0.348 e. The van der Waals surface area contributed by atoms with Gasteiger partial charge in [-0.25, -0.2) is 0 Å². The van der Waals surface area contributed by atoms with Gasteiger partial charge in [-0.05, 0) is 33.6 Å². The predicted molar refractivity (Wildman–Crippen MR) is 75.8 cm³/mol. The van der Waals surface area contributed by atoms with E-state index in [0.29, 0.717) is 12.8 Å². The minimum atomic E-state index is -0.821. The number of carbonyl (C=O) groups is 1. The zero-order valence-corrected chi connectivity index (χ0v) is 12.7. The number of nitrogens with zero attached hydrogens (tertiary/aromatic N) is 3. The zero-order valence-electron chi connectivity index (χ0n) is 12.7. The third kappa shape index (κ3) is 2.31. The molecule has 1 heterocycles. The Morgan fingerprint density at radius 1 is 1.45 bits per heavy atom. The number of aromatic nitrogens is 2. The van der Waals surface area contributed by atoms with Gasteiger partial charge in [-0.1, -0.05) is 12.8 Å².